The molecule has 0 radical (unpaired) electrons. The number of pyridine rings is 1. The van der Waals surface area contributed by atoms with Crippen molar-refractivity contribution < 1.29 is 28.3 Å². The molecule has 0 unspecified atom stereocenters. The van der Waals surface area contributed by atoms with E-state index < -0.39 is 23.6 Å². The summed E-state index contributed by atoms with van der Waals surface area (Å²) in [5, 5.41) is 2.55. The molecule has 0 spiro atoms. The van der Waals surface area contributed by atoms with Gasteiger partial charge in [-0.1, -0.05) is 0 Å². The van der Waals surface area contributed by atoms with E-state index in [1.165, 1.54) is 24.4 Å². The third kappa shape index (κ3) is 3.19. The van der Waals surface area contributed by atoms with Gasteiger partial charge in [0.05, 0.1) is 0 Å². The molecule has 1 aromatic heterocycles. The van der Waals surface area contributed by atoms with Crippen molar-refractivity contribution in [2.45, 2.75) is 6.92 Å². The van der Waals surface area contributed by atoms with Gasteiger partial charge in [0.2, 0.25) is 18.5 Å². The number of ether oxygens (including phenoxy) is 2. The number of hydrogen-bond donors (Lipinski definition) is 1. The number of hydrogen-bond acceptors (Lipinski definition) is 6. The Labute approximate surface area is 135 Å². The lowest BCUT2D eigenvalue weighted by Crippen LogP contribution is -2.45. The first-order valence-electron chi connectivity index (χ1n) is 6.84. The smallest absolute Gasteiger partial charge is 0.363 e. The van der Waals surface area contributed by atoms with Crippen LogP contribution in [-0.2, 0) is 4.79 Å². The Morgan fingerprint density at radius 3 is 2.83 bits per heavy atom. The zero-order valence-corrected chi connectivity index (χ0v) is 12.5. The van der Waals surface area contributed by atoms with E-state index in [0.29, 0.717) is 16.6 Å². The number of hydroxylamine groups is 1. The molecular weight excluding hydrogens is 321 g/mol. The fraction of sp³-hybridized carbons (Fsp3) is 0.133. The van der Waals surface area contributed by atoms with E-state index in [0.717, 1.165) is 13.0 Å². The minimum atomic E-state index is -0.988. The van der Waals surface area contributed by atoms with Crippen molar-refractivity contribution in [3.8, 4) is 17.2 Å². The van der Waals surface area contributed by atoms with Gasteiger partial charge in [0.1, 0.15) is 0 Å². The van der Waals surface area contributed by atoms with E-state index in [1.807, 2.05) is 5.32 Å². The number of urea groups is 1. The van der Waals surface area contributed by atoms with Gasteiger partial charge in [0, 0.05) is 19.2 Å². The second kappa shape index (κ2) is 6.41. The second-order valence-electron chi connectivity index (χ2n) is 4.70. The van der Waals surface area contributed by atoms with Crippen LogP contribution >= 0.6 is 0 Å². The molecule has 1 aromatic carbocycles. The molecule has 3 rings (SSSR count). The number of nitrogens with one attached hydrogen (secondary N) is 1. The van der Waals surface area contributed by atoms with E-state index >= 15 is 0 Å². The Balaban J connectivity index is 1.91. The molecule has 8 nitrogen and oxygen atoms in total. The zero-order chi connectivity index (χ0) is 17.1. The van der Waals surface area contributed by atoms with Gasteiger partial charge < -0.3 is 14.3 Å². The van der Waals surface area contributed by atoms with Crippen LogP contribution in [-0.4, -0.2) is 23.7 Å². The predicted octanol–water partition coefficient (Wildman–Crippen LogP) is 2.01. The quantitative estimate of drug-likeness (QED) is 0.864. The lowest BCUT2D eigenvalue weighted by atomic mass is 10.3. The second-order valence-corrected chi connectivity index (χ2v) is 4.70. The Hall–Kier alpha value is -3.36. The van der Waals surface area contributed by atoms with E-state index in [-0.39, 0.29) is 12.5 Å². The van der Waals surface area contributed by atoms with Crippen LogP contribution in [0.5, 0.6) is 17.2 Å². The Kier molecular flexibility index (Phi) is 4.15. The summed E-state index contributed by atoms with van der Waals surface area (Å²) in [6, 6.07) is 6.03. The van der Waals surface area contributed by atoms with Crippen molar-refractivity contribution >= 4 is 17.8 Å². The lowest BCUT2D eigenvalue weighted by molar-refractivity contribution is -0.117. The monoisotopic (exact) mass is 333 g/mol. The van der Waals surface area contributed by atoms with Crippen molar-refractivity contribution in [1.82, 2.24) is 10.3 Å². The summed E-state index contributed by atoms with van der Waals surface area (Å²) >= 11 is 0. The Morgan fingerprint density at radius 2 is 2.08 bits per heavy atom. The first-order valence-corrected chi connectivity index (χ1v) is 6.84. The molecule has 124 valence electrons. The standard InChI is InChI=1S/C15H12FN3O5/c1-9(20)18-15(21)19(14-11(16)3-2-6-17-14)24-10-4-5-12-13(7-10)23-8-22-12/h2-7H,8H2,1H3,(H,18,20,21). The number of nitrogens with zero attached hydrogens (tertiary/aromatic N) is 2. The fourth-order valence-electron chi connectivity index (χ4n) is 1.95. The number of halogens is 1. The van der Waals surface area contributed by atoms with Crippen LogP contribution in [0.15, 0.2) is 36.5 Å². The highest BCUT2D eigenvalue weighted by Crippen LogP contribution is 2.35. The average molecular weight is 333 g/mol. The normalized spacial score (nSPS) is 11.8. The molecule has 24 heavy (non-hydrogen) atoms. The summed E-state index contributed by atoms with van der Waals surface area (Å²) < 4.78 is 24.4. The molecule has 2 aromatic rings. The van der Waals surface area contributed by atoms with E-state index in [2.05, 4.69) is 4.98 Å². The maximum atomic E-state index is 14.0. The summed E-state index contributed by atoms with van der Waals surface area (Å²) in [5.74, 6) is -0.712. The number of aromatic nitrogens is 1. The Bertz CT molecular complexity index is 798. The number of fused-ring (bicyclic) bond motifs is 1. The van der Waals surface area contributed by atoms with E-state index in [4.69, 9.17) is 14.3 Å². The maximum Gasteiger partial charge on any atom is 0.363 e. The molecular formula is C15H12FN3O5. The molecule has 0 saturated carbocycles. The van der Waals surface area contributed by atoms with E-state index in [1.54, 1.807) is 6.07 Å². The van der Waals surface area contributed by atoms with Crippen LogP contribution in [0.3, 0.4) is 0 Å². The SMILES string of the molecule is CC(=O)NC(=O)N(Oc1ccc2c(c1)OCO2)c1ncccc1F. The molecule has 2 heterocycles. The molecule has 9 heteroatoms. The van der Waals surface area contributed by atoms with Gasteiger partial charge in [-0.25, -0.2) is 14.2 Å². The summed E-state index contributed by atoms with van der Waals surface area (Å²) in [6.07, 6.45) is 1.29. The molecule has 0 fully saturated rings. The number of benzene rings is 1. The average Bonchev–Trinajstić information content (AvgIpc) is 3.00. The molecule has 0 bridgehead atoms. The number of carbonyl (C=O) groups is 2. The van der Waals surface area contributed by atoms with Gasteiger partial charge in [0.15, 0.2) is 23.1 Å². The Morgan fingerprint density at radius 1 is 1.29 bits per heavy atom. The summed E-state index contributed by atoms with van der Waals surface area (Å²) in [6.45, 7) is 1.22. The van der Waals surface area contributed by atoms with Crippen molar-refractivity contribution in [1.29, 1.82) is 0 Å². The van der Waals surface area contributed by atoms with Gasteiger partial charge in [-0.3, -0.25) is 10.1 Å². The first kappa shape index (κ1) is 15.5. The minimum Gasteiger partial charge on any atom is -0.454 e. The number of amides is 3. The first-order chi connectivity index (χ1) is 11.5. The highest BCUT2D eigenvalue weighted by Gasteiger charge is 2.25. The van der Waals surface area contributed by atoms with E-state index in [9.17, 15) is 14.0 Å². The van der Waals surface area contributed by atoms with Crippen LogP contribution < -0.4 is 24.7 Å². The number of anilines is 1. The molecule has 0 aliphatic carbocycles. The lowest BCUT2D eigenvalue weighted by Gasteiger charge is -2.21. The van der Waals surface area contributed by atoms with Crippen molar-refractivity contribution in [2.24, 2.45) is 0 Å². The van der Waals surface area contributed by atoms with Gasteiger partial charge in [-0.05, 0) is 24.3 Å². The van der Waals surface area contributed by atoms with Crippen LogP contribution in [0.25, 0.3) is 0 Å². The molecule has 0 atom stereocenters. The third-order valence-electron chi connectivity index (χ3n) is 2.94. The van der Waals surface area contributed by atoms with Crippen LogP contribution in [0, 0.1) is 5.82 Å². The highest BCUT2D eigenvalue weighted by atomic mass is 19.1. The van der Waals surface area contributed by atoms with Gasteiger partial charge >= 0.3 is 6.03 Å². The zero-order valence-electron chi connectivity index (χ0n) is 12.5. The summed E-state index contributed by atoms with van der Waals surface area (Å²) in [5.41, 5.74) is 0. The van der Waals surface area contributed by atoms with Crippen molar-refractivity contribution in [3.63, 3.8) is 0 Å². The fourth-order valence-corrected chi connectivity index (χ4v) is 1.95. The molecule has 1 aliphatic heterocycles. The number of carbonyl (C=O) groups excluding carboxylic acids is 2. The highest BCUT2D eigenvalue weighted by molar-refractivity contribution is 6.00. The van der Waals surface area contributed by atoms with Crippen molar-refractivity contribution in [2.75, 3.05) is 11.9 Å². The van der Waals surface area contributed by atoms with Gasteiger partial charge in [-0.15, -0.1) is 5.06 Å². The third-order valence-corrected chi connectivity index (χ3v) is 2.94. The molecule has 3 amide bonds. The predicted molar refractivity (Wildman–Crippen MR) is 79.1 cm³/mol. The van der Waals surface area contributed by atoms with Crippen LogP contribution in [0.1, 0.15) is 6.92 Å². The molecule has 1 aliphatic rings. The maximum absolute atomic E-state index is 14.0. The van der Waals surface area contributed by atoms with Crippen LogP contribution in [0.2, 0.25) is 0 Å². The van der Waals surface area contributed by atoms with Gasteiger partial charge in [0.25, 0.3) is 0 Å². The van der Waals surface area contributed by atoms with Gasteiger partial charge in [-0.2, -0.15) is 0 Å². The summed E-state index contributed by atoms with van der Waals surface area (Å²) in [4.78, 5) is 32.4. The topological polar surface area (TPSA) is 90.0 Å². The summed E-state index contributed by atoms with van der Waals surface area (Å²) in [7, 11) is 0. The largest absolute Gasteiger partial charge is 0.454 e. The molecule has 0 saturated heterocycles. The van der Waals surface area contributed by atoms with Crippen molar-refractivity contribution in [3.05, 3.63) is 42.3 Å². The number of rotatable bonds is 3. The minimum absolute atomic E-state index is 0.0716. The van der Waals surface area contributed by atoms with Crippen LogP contribution in [0.4, 0.5) is 15.0 Å². The number of imide groups is 1. The molecule has 1 N–H and O–H groups in total.